The highest BCUT2D eigenvalue weighted by Gasteiger charge is 2.38. The van der Waals surface area contributed by atoms with E-state index in [-0.39, 0.29) is 5.57 Å². The lowest BCUT2D eigenvalue weighted by atomic mass is 10.2. The molecule has 2 rings (SSSR count). The molecule has 0 unspecified atom stereocenters. The molecular weight excluding hydrogens is 304 g/mol. The van der Waals surface area contributed by atoms with Crippen LogP contribution in [0.2, 0.25) is 0 Å². The molecule has 8 nitrogen and oxygen atoms in total. The molecule has 1 aromatic carbocycles. The quantitative estimate of drug-likeness (QED) is 0.499. The van der Waals surface area contributed by atoms with E-state index in [0.29, 0.717) is 11.4 Å². The fourth-order valence-electron chi connectivity index (χ4n) is 1.79. The van der Waals surface area contributed by atoms with E-state index in [1.165, 1.54) is 27.2 Å². The number of amides is 1. The van der Waals surface area contributed by atoms with Gasteiger partial charge in [0, 0.05) is 31.4 Å². The van der Waals surface area contributed by atoms with Crippen molar-refractivity contribution in [2.75, 3.05) is 17.7 Å². The summed E-state index contributed by atoms with van der Waals surface area (Å²) in [5.74, 6) is -2.83. The second-order valence-electron chi connectivity index (χ2n) is 5.08. The zero-order valence-corrected chi connectivity index (χ0v) is 12.8. The van der Waals surface area contributed by atoms with E-state index in [9.17, 15) is 14.4 Å². The molecule has 23 heavy (non-hydrogen) atoms. The number of cyclic esters (lactones) is 2. The van der Waals surface area contributed by atoms with E-state index in [1.807, 2.05) is 0 Å². The first-order valence-corrected chi connectivity index (χ1v) is 6.69. The van der Waals surface area contributed by atoms with Crippen LogP contribution in [0.25, 0.3) is 0 Å². The van der Waals surface area contributed by atoms with Crippen LogP contribution < -0.4 is 10.6 Å². The third kappa shape index (κ3) is 4.22. The second-order valence-corrected chi connectivity index (χ2v) is 5.08. The smallest absolute Gasteiger partial charge is 0.411 e. The first-order valence-electron chi connectivity index (χ1n) is 6.69. The van der Waals surface area contributed by atoms with Gasteiger partial charge in [-0.25, -0.2) is 14.4 Å². The SMILES string of the molecule is COC(=O)Nc1cccc(NC=C2C(=O)OC(C)(C)OC2=O)c1. The summed E-state index contributed by atoms with van der Waals surface area (Å²) in [5.41, 5.74) is 0.766. The van der Waals surface area contributed by atoms with Gasteiger partial charge in [-0.05, 0) is 18.2 Å². The summed E-state index contributed by atoms with van der Waals surface area (Å²) in [5, 5.41) is 5.27. The number of esters is 2. The van der Waals surface area contributed by atoms with Crippen LogP contribution in [0.3, 0.4) is 0 Å². The fourth-order valence-corrected chi connectivity index (χ4v) is 1.79. The van der Waals surface area contributed by atoms with Crippen LogP contribution >= 0.6 is 0 Å². The predicted octanol–water partition coefficient (Wildman–Crippen LogP) is 2.00. The van der Waals surface area contributed by atoms with E-state index in [2.05, 4.69) is 15.4 Å². The number of hydrogen-bond acceptors (Lipinski definition) is 7. The zero-order valence-electron chi connectivity index (χ0n) is 12.8. The minimum Gasteiger partial charge on any atom is -0.453 e. The molecular formula is C15H16N2O6. The number of carbonyl (C=O) groups excluding carboxylic acids is 3. The summed E-state index contributed by atoms with van der Waals surface area (Å²) < 4.78 is 14.4. The molecule has 1 aliphatic heterocycles. The number of hydrogen-bond donors (Lipinski definition) is 2. The van der Waals surface area contributed by atoms with Crippen molar-refractivity contribution in [3.05, 3.63) is 36.0 Å². The average Bonchev–Trinajstić information content (AvgIpc) is 2.45. The van der Waals surface area contributed by atoms with Gasteiger partial charge in [-0.1, -0.05) is 6.07 Å². The Balaban J connectivity index is 2.11. The highest BCUT2D eigenvalue weighted by molar-refractivity contribution is 6.15. The maximum absolute atomic E-state index is 11.8. The number of methoxy groups -OCH3 is 1. The Morgan fingerprint density at radius 1 is 1.17 bits per heavy atom. The lowest BCUT2D eigenvalue weighted by molar-refractivity contribution is -0.222. The van der Waals surface area contributed by atoms with Gasteiger partial charge in [0.05, 0.1) is 7.11 Å². The summed E-state index contributed by atoms with van der Waals surface area (Å²) in [6.07, 6.45) is 0.583. The first-order chi connectivity index (χ1) is 10.8. The Morgan fingerprint density at radius 3 is 2.39 bits per heavy atom. The van der Waals surface area contributed by atoms with Crippen molar-refractivity contribution in [2.45, 2.75) is 19.6 Å². The third-order valence-electron chi connectivity index (χ3n) is 2.79. The summed E-state index contributed by atoms with van der Waals surface area (Å²) in [7, 11) is 1.25. The fraction of sp³-hybridized carbons (Fsp3) is 0.267. The number of nitrogens with one attached hydrogen (secondary N) is 2. The van der Waals surface area contributed by atoms with Crippen LogP contribution in [0.4, 0.5) is 16.2 Å². The Bertz CT molecular complexity index is 658. The number of ether oxygens (including phenoxy) is 3. The molecule has 1 amide bonds. The minimum atomic E-state index is -1.28. The largest absolute Gasteiger partial charge is 0.453 e. The lowest BCUT2D eigenvalue weighted by Gasteiger charge is -2.29. The van der Waals surface area contributed by atoms with Crippen LogP contribution in [0.5, 0.6) is 0 Å². The van der Waals surface area contributed by atoms with Gasteiger partial charge >= 0.3 is 18.0 Å². The van der Waals surface area contributed by atoms with E-state index < -0.39 is 23.8 Å². The third-order valence-corrected chi connectivity index (χ3v) is 2.79. The zero-order chi connectivity index (χ0) is 17.0. The van der Waals surface area contributed by atoms with Gasteiger partial charge in [-0.2, -0.15) is 0 Å². The molecule has 0 bridgehead atoms. The van der Waals surface area contributed by atoms with Crippen LogP contribution in [0, 0.1) is 0 Å². The molecule has 1 saturated heterocycles. The molecule has 1 fully saturated rings. The van der Waals surface area contributed by atoms with E-state index in [4.69, 9.17) is 9.47 Å². The maximum Gasteiger partial charge on any atom is 0.411 e. The molecule has 1 aliphatic rings. The Labute approximate surface area is 132 Å². The number of carbonyl (C=O) groups is 3. The van der Waals surface area contributed by atoms with Gasteiger partial charge in [0.15, 0.2) is 5.57 Å². The van der Waals surface area contributed by atoms with Gasteiger partial charge in [0.25, 0.3) is 5.79 Å². The molecule has 0 aromatic heterocycles. The van der Waals surface area contributed by atoms with E-state index >= 15 is 0 Å². The van der Waals surface area contributed by atoms with Gasteiger partial charge in [-0.3, -0.25) is 5.32 Å². The lowest BCUT2D eigenvalue weighted by Crippen LogP contribution is -2.42. The normalized spacial score (nSPS) is 16.0. The van der Waals surface area contributed by atoms with Gasteiger partial charge in [0.2, 0.25) is 0 Å². The van der Waals surface area contributed by atoms with Crippen LogP contribution in [0.15, 0.2) is 36.0 Å². The minimum absolute atomic E-state index is 0.254. The Kier molecular flexibility index (Phi) is 4.54. The highest BCUT2D eigenvalue weighted by atomic mass is 16.7. The van der Waals surface area contributed by atoms with Crippen molar-refractivity contribution in [3.63, 3.8) is 0 Å². The first kappa shape index (κ1) is 16.3. The van der Waals surface area contributed by atoms with Gasteiger partial charge < -0.3 is 19.5 Å². The number of anilines is 2. The van der Waals surface area contributed by atoms with E-state index in [1.54, 1.807) is 24.3 Å². The van der Waals surface area contributed by atoms with Crippen molar-refractivity contribution in [2.24, 2.45) is 0 Å². The standard InChI is InChI=1S/C15H16N2O6/c1-15(2)22-12(18)11(13(19)23-15)8-16-9-5-4-6-10(7-9)17-14(20)21-3/h4-8,16H,1-3H3,(H,17,20). The van der Waals surface area contributed by atoms with Crippen LogP contribution in [0.1, 0.15) is 13.8 Å². The molecule has 0 aliphatic carbocycles. The van der Waals surface area contributed by atoms with Crippen molar-refractivity contribution in [1.82, 2.24) is 0 Å². The molecule has 1 heterocycles. The molecule has 122 valence electrons. The van der Waals surface area contributed by atoms with Crippen molar-refractivity contribution in [1.29, 1.82) is 0 Å². The molecule has 0 radical (unpaired) electrons. The van der Waals surface area contributed by atoms with Crippen molar-refractivity contribution >= 4 is 29.4 Å². The molecule has 1 aromatic rings. The number of benzene rings is 1. The highest BCUT2D eigenvalue weighted by Crippen LogP contribution is 2.23. The summed E-state index contributed by atoms with van der Waals surface area (Å²) >= 11 is 0. The molecule has 2 N–H and O–H groups in total. The summed E-state index contributed by atoms with van der Waals surface area (Å²) in [4.78, 5) is 34.7. The van der Waals surface area contributed by atoms with Gasteiger partial charge in [-0.15, -0.1) is 0 Å². The molecule has 0 saturated carbocycles. The Morgan fingerprint density at radius 2 is 1.78 bits per heavy atom. The average molecular weight is 320 g/mol. The Hall–Kier alpha value is -3.03. The molecule has 0 atom stereocenters. The molecule has 8 heteroatoms. The predicted molar refractivity (Wildman–Crippen MR) is 80.4 cm³/mol. The van der Waals surface area contributed by atoms with Crippen LogP contribution in [-0.4, -0.2) is 30.9 Å². The van der Waals surface area contributed by atoms with Crippen molar-refractivity contribution < 1.29 is 28.6 Å². The maximum atomic E-state index is 11.8. The summed E-state index contributed by atoms with van der Waals surface area (Å²) in [6.45, 7) is 2.93. The monoisotopic (exact) mass is 320 g/mol. The van der Waals surface area contributed by atoms with E-state index in [0.717, 1.165) is 0 Å². The number of rotatable bonds is 3. The van der Waals surface area contributed by atoms with Gasteiger partial charge in [0.1, 0.15) is 0 Å². The van der Waals surface area contributed by atoms with Crippen LogP contribution in [-0.2, 0) is 23.8 Å². The second kappa shape index (κ2) is 6.39. The summed E-state index contributed by atoms with van der Waals surface area (Å²) in [6, 6.07) is 6.61. The van der Waals surface area contributed by atoms with Crippen molar-refractivity contribution in [3.8, 4) is 0 Å². The topological polar surface area (TPSA) is 103 Å². The molecule has 0 spiro atoms.